The van der Waals surface area contributed by atoms with Crippen LogP contribution in [0.5, 0.6) is 5.75 Å². The average molecular weight is 453 g/mol. The molecular formula is C24H27N3O6. The third kappa shape index (κ3) is 6.31. The normalized spacial score (nSPS) is 18.5. The number of piperazine rings is 1. The maximum atomic E-state index is 12.6. The van der Waals surface area contributed by atoms with Crippen LogP contribution in [0.1, 0.15) is 17.5 Å². The van der Waals surface area contributed by atoms with Gasteiger partial charge in [-0.05, 0) is 17.2 Å². The van der Waals surface area contributed by atoms with Crippen LogP contribution >= 0.6 is 0 Å². The van der Waals surface area contributed by atoms with Gasteiger partial charge in [-0.1, -0.05) is 48.5 Å². The minimum atomic E-state index is -1.03. The maximum Gasteiger partial charge on any atom is 0.328 e. The highest BCUT2D eigenvalue weighted by Crippen LogP contribution is 2.19. The Balaban J connectivity index is 1.60. The number of carbonyl (C=O) groups excluding carboxylic acids is 4. The molecular weight excluding hydrogens is 426 g/mol. The summed E-state index contributed by atoms with van der Waals surface area (Å²) >= 11 is 0. The van der Waals surface area contributed by atoms with Gasteiger partial charge >= 0.3 is 5.97 Å². The number of hydrogen-bond acceptors (Lipinski definition) is 6. The van der Waals surface area contributed by atoms with Crippen LogP contribution < -0.4 is 20.7 Å². The van der Waals surface area contributed by atoms with Crippen molar-refractivity contribution in [2.24, 2.45) is 0 Å². The predicted molar refractivity (Wildman–Crippen MR) is 119 cm³/mol. The van der Waals surface area contributed by atoms with Crippen LogP contribution in [0.2, 0.25) is 0 Å². The lowest BCUT2D eigenvalue weighted by molar-refractivity contribution is -0.145. The van der Waals surface area contributed by atoms with Crippen molar-refractivity contribution in [1.29, 1.82) is 0 Å². The fourth-order valence-electron chi connectivity index (χ4n) is 3.68. The summed E-state index contributed by atoms with van der Waals surface area (Å²) in [6.07, 6.45) is 0.181. The molecule has 33 heavy (non-hydrogen) atoms. The van der Waals surface area contributed by atoms with Crippen LogP contribution in [0.15, 0.2) is 54.6 Å². The Labute approximate surface area is 191 Å². The summed E-state index contributed by atoms with van der Waals surface area (Å²) in [4.78, 5) is 49.9. The Bertz CT molecular complexity index is 1010. The topological polar surface area (TPSA) is 123 Å². The molecule has 3 amide bonds. The van der Waals surface area contributed by atoms with E-state index in [4.69, 9.17) is 9.47 Å². The fourth-order valence-corrected chi connectivity index (χ4v) is 3.68. The largest absolute Gasteiger partial charge is 0.496 e. The number of methoxy groups -OCH3 is 2. The molecule has 174 valence electrons. The van der Waals surface area contributed by atoms with Gasteiger partial charge in [0.25, 0.3) is 0 Å². The molecule has 1 fully saturated rings. The monoisotopic (exact) mass is 453 g/mol. The Morgan fingerprint density at radius 2 is 1.58 bits per heavy atom. The predicted octanol–water partition coefficient (Wildman–Crippen LogP) is 0.512. The molecule has 0 aromatic heterocycles. The lowest BCUT2D eigenvalue weighted by Gasteiger charge is -2.29. The highest BCUT2D eigenvalue weighted by atomic mass is 16.5. The van der Waals surface area contributed by atoms with Gasteiger partial charge in [-0.25, -0.2) is 4.79 Å². The van der Waals surface area contributed by atoms with Crippen molar-refractivity contribution in [3.05, 3.63) is 65.7 Å². The van der Waals surface area contributed by atoms with E-state index < -0.39 is 35.9 Å². The highest BCUT2D eigenvalue weighted by molar-refractivity contribution is 5.99. The first-order valence-electron chi connectivity index (χ1n) is 10.5. The molecule has 3 N–H and O–H groups in total. The van der Waals surface area contributed by atoms with Crippen LogP contribution in [-0.4, -0.2) is 56.0 Å². The molecule has 3 rings (SSSR count). The maximum absolute atomic E-state index is 12.6. The molecule has 1 heterocycles. The molecule has 1 aliphatic heterocycles. The fraction of sp³-hybridized carbons (Fsp3) is 0.333. The second kappa shape index (κ2) is 11.1. The Morgan fingerprint density at radius 1 is 0.939 bits per heavy atom. The Hall–Kier alpha value is -3.88. The van der Waals surface area contributed by atoms with Gasteiger partial charge in [-0.15, -0.1) is 0 Å². The second-order valence-electron chi connectivity index (χ2n) is 7.68. The van der Waals surface area contributed by atoms with E-state index in [1.165, 1.54) is 14.2 Å². The summed E-state index contributed by atoms with van der Waals surface area (Å²) in [5.74, 6) is -1.44. The summed E-state index contributed by atoms with van der Waals surface area (Å²) in [6, 6.07) is 13.7. The van der Waals surface area contributed by atoms with Gasteiger partial charge in [0, 0.05) is 12.8 Å². The molecule has 1 saturated heterocycles. The van der Waals surface area contributed by atoms with Gasteiger partial charge in [-0.2, -0.15) is 0 Å². The van der Waals surface area contributed by atoms with Crippen LogP contribution in [0, 0.1) is 0 Å². The van der Waals surface area contributed by atoms with Crippen molar-refractivity contribution in [3.8, 4) is 5.75 Å². The molecule has 0 aliphatic carbocycles. The molecule has 0 spiro atoms. The van der Waals surface area contributed by atoms with Crippen molar-refractivity contribution >= 4 is 23.7 Å². The number of esters is 1. The van der Waals surface area contributed by atoms with E-state index >= 15 is 0 Å². The van der Waals surface area contributed by atoms with Crippen LogP contribution in [0.3, 0.4) is 0 Å². The summed E-state index contributed by atoms with van der Waals surface area (Å²) in [5, 5.41) is 7.88. The number of benzene rings is 2. The number of para-hydroxylation sites is 1. The number of ether oxygens (including phenoxy) is 2. The zero-order valence-electron chi connectivity index (χ0n) is 18.5. The quantitative estimate of drug-likeness (QED) is 0.476. The number of rotatable bonds is 9. The third-order valence-corrected chi connectivity index (χ3v) is 5.38. The molecule has 0 bridgehead atoms. The Morgan fingerprint density at radius 3 is 2.27 bits per heavy atom. The second-order valence-corrected chi connectivity index (χ2v) is 7.68. The number of hydrogen-bond donors (Lipinski definition) is 3. The number of nitrogens with one attached hydrogen (secondary N) is 3. The zero-order chi connectivity index (χ0) is 23.8. The first-order valence-corrected chi connectivity index (χ1v) is 10.5. The first kappa shape index (κ1) is 23.8. The minimum Gasteiger partial charge on any atom is -0.496 e. The van der Waals surface area contributed by atoms with Gasteiger partial charge < -0.3 is 25.4 Å². The standard InChI is InChI=1S/C24H27N3O6/c1-32-20-11-7-6-10-16(20)13-19(24(31)33-2)25-21(28)14-18-23(30)26-17(22(29)27-18)12-15-8-4-3-5-9-15/h3-11,17-19H,12-14H2,1-2H3,(H,25,28)(H,26,30)(H,27,29)/t17-,18-,19+/m0/s1. The summed E-state index contributed by atoms with van der Waals surface area (Å²) < 4.78 is 10.1. The first-order chi connectivity index (χ1) is 15.9. The molecule has 0 unspecified atom stereocenters. The summed E-state index contributed by atoms with van der Waals surface area (Å²) in [7, 11) is 2.74. The SMILES string of the molecule is COC(=O)[C@@H](Cc1ccccc1OC)NC(=O)C[C@@H]1NC(=O)[C@H](Cc2ccccc2)NC1=O. The van der Waals surface area contributed by atoms with Gasteiger partial charge in [-0.3, -0.25) is 14.4 Å². The van der Waals surface area contributed by atoms with E-state index in [9.17, 15) is 19.2 Å². The van der Waals surface area contributed by atoms with Crippen LogP contribution in [0.25, 0.3) is 0 Å². The molecule has 9 heteroatoms. The van der Waals surface area contributed by atoms with Gasteiger partial charge in [0.05, 0.1) is 20.6 Å². The summed E-state index contributed by atoms with van der Waals surface area (Å²) in [6.45, 7) is 0. The van der Waals surface area contributed by atoms with Crippen molar-refractivity contribution in [1.82, 2.24) is 16.0 Å². The van der Waals surface area contributed by atoms with Crippen molar-refractivity contribution < 1.29 is 28.7 Å². The van der Waals surface area contributed by atoms with E-state index in [2.05, 4.69) is 16.0 Å². The van der Waals surface area contributed by atoms with Crippen molar-refractivity contribution in [2.45, 2.75) is 37.4 Å². The Kier molecular flexibility index (Phi) is 8.01. The van der Waals surface area contributed by atoms with E-state index in [1.807, 2.05) is 30.3 Å². The van der Waals surface area contributed by atoms with E-state index in [1.54, 1.807) is 24.3 Å². The molecule has 0 saturated carbocycles. The summed E-state index contributed by atoms with van der Waals surface area (Å²) in [5.41, 5.74) is 1.62. The smallest absolute Gasteiger partial charge is 0.328 e. The lowest BCUT2D eigenvalue weighted by Crippen LogP contribution is -2.63. The van der Waals surface area contributed by atoms with Crippen molar-refractivity contribution in [2.75, 3.05) is 14.2 Å². The van der Waals surface area contributed by atoms with Crippen molar-refractivity contribution in [3.63, 3.8) is 0 Å². The molecule has 2 aromatic rings. The minimum absolute atomic E-state index is 0.144. The number of carbonyl (C=O) groups is 4. The highest BCUT2D eigenvalue weighted by Gasteiger charge is 2.35. The molecule has 0 radical (unpaired) electrons. The van der Waals surface area contributed by atoms with E-state index in [-0.39, 0.29) is 18.7 Å². The van der Waals surface area contributed by atoms with E-state index in [0.717, 1.165) is 5.56 Å². The van der Waals surface area contributed by atoms with Crippen LogP contribution in [0.4, 0.5) is 0 Å². The molecule has 2 aromatic carbocycles. The number of amides is 3. The van der Waals surface area contributed by atoms with E-state index in [0.29, 0.717) is 17.7 Å². The zero-order valence-corrected chi connectivity index (χ0v) is 18.5. The molecule has 1 aliphatic rings. The molecule has 9 nitrogen and oxygen atoms in total. The van der Waals surface area contributed by atoms with Gasteiger partial charge in [0.2, 0.25) is 17.7 Å². The third-order valence-electron chi connectivity index (χ3n) is 5.38. The molecule has 3 atom stereocenters. The van der Waals surface area contributed by atoms with Crippen LogP contribution in [-0.2, 0) is 36.8 Å². The van der Waals surface area contributed by atoms with Gasteiger partial charge in [0.15, 0.2) is 0 Å². The average Bonchev–Trinajstić information content (AvgIpc) is 2.82. The lowest BCUT2D eigenvalue weighted by atomic mass is 10.0. The van der Waals surface area contributed by atoms with Gasteiger partial charge in [0.1, 0.15) is 23.9 Å².